The van der Waals surface area contributed by atoms with Gasteiger partial charge >= 0.3 is 0 Å². The smallest absolute Gasteiger partial charge is 0.222 e. The van der Waals surface area contributed by atoms with Gasteiger partial charge in [-0.05, 0) is 24.1 Å². The van der Waals surface area contributed by atoms with Crippen molar-refractivity contribution in [2.24, 2.45) is 0 Å². The minimum absolute atomic E-state index is 0.231. The molecule has 0 bridgehead atoms. The lowest BCUT2D eigenvalue weighted by atomic mass is 10.1. The molecule has 28 heavy (non-hydrogen) atoms. The van der Waals surface area contributed by atoms with E-state index in [2.05, 4.69) is 27.0 Å². The van der Waals surface area contributed by atoms with Crippen LogP contribution in [-0.4, -0.2) is 51.9 Å². The summed E-state index contributed by atoms with van der Waals surface area (Å²) in [7, 11) is 0. The van der Waals surface area contributed by atoms with Crippen molar-refractivity contribution in [2.45, 2.75) is 19.4 Å². The summed E-state index contributed by atoms with van der Waals surface area (Å²) in [5.41, 5.74) is 8.17. The molecule has 3 aromatic rings. The highest BCUT2D eigenvalue weighted by atomic mass is 16.2. The zero-order chi connectivity index (χ0) is 19.3. The summed E-state index contributed by atoms with van der Waals surface area (Å²) in [6.45, 7) is 3.80. The Balaban J connectivity index is 1.30. The van der Waals surface area contributed by atoms with E-state index in [1.807, 2.05) is 47.4 Å². The number of rotatable bonds is 5. The van der Waals surface area contributed by atoms with Gasteiger partial charge in [0.15, 0.2) is 0 Å². The van der Waals surface area contributed by atoms with Gasteiger partial charge in [0.25, 0.3) is 0 Å². The summed E-state index contributed by atoms with van der Waals surface area (Å²) in [5.74, 6) is 1.49. The van der Waals surface area contributed by atoms with Crippen LogP contribution in [0.3, 0.4) is 0 Å². The van der Waals surface area contributed by atoms with Crippen LogP contribution in [0.25, 0.3) is 10.9 Å². The molecule has 144 valence electrons. The van der Waals surface area contributed by atoms with Gasteiger partial charge in [0.05, 0.1) is 12.1 Å². The van der Waals surface area contributed by atoms with E-state index >= 15 is 0 Å². The molecule has 0 radical (unpaired) electrons. The second-order valence-corrected chi connectivity index (χ2v) is 7.18. The predicted molar refractivity (Wildman–Crippen MR) is 111 cm³/mol. The monoisotopic (exact) mass is 375 g/mol. The van der Waals surface area contributed by atoms with Crippen LogP contribution in [0.4, 0.5) is 5.82 Å². The summed E-state index contributed by atoms with van der Waals surface area (Å²) in [5, 5.41) is 0.889. The van der Waals surface area contributed by atoms with Crippen LogP contribution in [0.5, 0.6) is 0 Å². The number of aromatic nitrogens is 2. The van der Waals surface area contributed by atoms with E-state index in [-0.39, 0.29) is 5.91 Å². The first kappa shape index (κ1) is 18.4. The molecule has 0 aliphatic carbocycles. The predicted octanol–water partition coefficient (Wildman–Crippen LogP) is 2.49. The Labute approximate surface area is 165 Å². The van der Waals surface area contributed by atoms with Crippen LogP contribution < -0.4 is 5.73 Å². The molecule has 1 aromatic heterocycles. The lowest BCUT2D eigenvalue weighted by molar-refractivity contribution is -0.133. The van der Waals surface area contributed by atoms with Gasteiger partial charge in [-0.15, -0.1) is 0 Å². The third kappa shape index (κ3) is 4.28. The molecule has 0 atom stereocenters. The summed E-state index contributed by atoms with van der Waals surface area (Å²) in [6, 6.07) is 18.0. The van der Waals surface area contributed by atoms with Gasteiger partial charge in [-0.3, -0.25) is 9.69 Å². The molecule has 6 nitrogen and oxygen atoms in total. The molecule has 0 unspecified atom stereocenters. The highest BCUT2D eigenvalue weighted by Gasteiger charge is 2.21. The number of fused-ring (bicyclic) bond motifs is 1. The van der Waals surface area contributed by atoms with E-state index in [1.165, 1.54) is 5.56 Å². The minimum Gasteiger partial charge on any atom is -0.383 e. The van der Waals surface area contributed by atoms with Crippen molar-refractivity contribution in [3.63, 3.8) is 0 Å². The molecule has 6 heteroatoms. The number of aryl methyl sites for hydroxylation is 1. The Hall–Kier alpha value is -2.99. The topological polar surface area (TPSA) is 75.3 Å². The number of carbonyl (C=O) groups excluding carboxylic acids is 1. The molecular weight excluding hydrogens is 350 g/mol. The zero-order valence-electron chi connectivity index (χ0n) is 15.9. The fourth-order valence-corrected chi connectivity index (χ4v) is 3.63. The number of carbonyl (C=O) groups is 1. The molecule has 1 aliphatic heterocycles. The first-order valence-electron chi connectivity index (χ1n) is 9.74. The number of nitrogens with two attached hydrogens (primary N) is 1. The van der Waals surface area contributed by atoms with Gasteiger partial charge < -0.3 is 10.6 Å². The third-order valence-electron chi connectivity index (χ3n) is 5.24. The van der Waals surface area contributed by atoms with E-state index in [4.69, 9.17) is 5.73 Å². The average Bonchev–Trinajstić information content (AvgIpc) is 2.73. The first-order valence-corrected chi connectivity index (χ1v) is 9.74. The molecule has 2 aromatic carbocycles. The molecule has 4 rings (SSSR count). The van der Waals surface area contributed by atoms with Gasteiger partial charge in [0.2, 0.25) is 5.91 Å². The average molecular weight is 375 g/mol. The fraction of sp³-hybridized carbons (Fsp3) is 0.318. The molecule has 2 heterocycles. The van der Waals surface area contributed by atoms with Crippen molar-refractivity contribution < 1.29 is 4.79 Å². The maximum absolute atomic E-state index is 12.5. The number of hydrogen-bond donors (Lipinski definition) is 1. The molecule has 0 spiro atoms. The van der Waals surface area contributed by atoms with E-state index in [0.717, 1.165) is 49.3 Å². The second-order valence-electron chi connectivity index (χ2n) is 7.18. The van der Waals surface area contributed by atoms with Gasteiger partial charge in [-0.25, -0.2) is 9.97 Å². The first-order chi connectivity index (χ1) is 13.7. The van der Waals surface area contributed by atoms with Crippen molar-refractivity contribution in [1.82, 2.24) is 19.8 Å². The number of hydrogen-bond acceptors (Lipinski definition) is 5. The number of piperazine rings is 1. The number of benzene rings is 2. The van der Waals surface area contributed by atoms with Crippen molar-refractivity contribution in [2.75, 3.05) is 31.9 Å². The van der Waals surface area contributed by atoms with Crippen LogP contribution in [-0.2, 0) is 17.8 Å². The highest BCUT2D eigenvalue weighted by Crippen LogP contribution is 2.18. The molecular formula is C22H25N5O. The standard InChI is InChI=1S/C22H25N5O/c23-22-18-8-4-5-9-19(18)24-20(25-22)16-26-12-14-27(15-13-26)21(28)11-10-17-6-2-1-3-7-17/h1-9H,10-16H2,(H2,23,24,25). The normalized spacial score (nSPS) is 15.1. The van der Waals surface area contributed by atoms with Gasteiger partial charge in [0, 0.05) is 38.0 Å². The van der Waals surface area contributed by atoms with Gasteiger partial charge in [-0.1, -0.05) is 42.5 Å². The van der Waals surface area contributed by atoms with Gasteiger partial charge in [0.1, 0.15) is 11.6 Å². The lowest BCUT2D eigenvalue weighted by Crippen LogP contribution is -2.48. The maximum Gasteiger partial charge on any atom is 0.222 e. The number of nitrogens with zero attached hydrogens (tertiary/aromatic N) is 4. The molecule has 0 saturated carbocycles. The Morgan fingerprint density at radius 1 is 0.929 bits per heavy atom. The van der Waals surface area contributed by atoms with Crippen LogP contribution in [0.15, 0.2) is 54.6 Å². The van der Waals surface area contributed by atoms with Crippen molar-refractivity contribution >= 4 is 22.6 Å². The molecule has 1 saturated heterocycles. The van der Waals surface area contributed by atoms with E-state index < -0.39 is 0 Å². The highest BCUT2D eigenvalue weighted by molar-refractivity contribution is 5.87. The van der Waals surface area contributed by atoms with E-state index in [9.17, 15) is 4.79 Å². The molecule has 1 aliphatic rings. The SMILES string of the molecule is Nc1nc(CN2CCN(C(=O)CCc3ccccc3)CC2)nc2ccccc12. The maximum atomic E-state index is 12.5. The summed E-state index contributed by atoms with van der Waals surface area (Å²) in [6.07, 6.45) is 1.36. The van der Waals surface area contributed by atoms with Gasteiger partial charge in [-0.2, -0.15) is 0 Å². The third-order valence-corrected chi connectivity index (χ3v) is 5.24. The van der Waals surface area contributed by atoms with Crippen molar-refractivity contribution in [3.05, 3.63) is 66.0 Å². The van der Waals surface area contributed by atoms with Crippen LogP contribution in [0.1, 0.15) is 17.8 Å². The minimum atomic E-state index is 0.231. The summed E-state index contributed by atoms with van der Waals surface area (Å²) in [4.78, 5) is 25.8. The molecule has 1 amide bonds. The van der Waals surface area contributed by atoms with E-state index in [0.29, 0.717) is 18.8 Å². The summed E-state index contributed by atoms with van der Waals surface area (Å²) < 4.78 is 0. The van der Waals surface area contributed by atoms with E-state index in [1.54, 1.807) is 0 Å². The number of amides is 1. The number of anilines is 1. The van der Waals surface area contributed by atoms with Crippen molar-refractivity contribution in [3.8, 4) is 0 Å². The number of nitrogen functional groups attached to an aromatic ring is 1. The number of para-hydroxylation sites is 1. The van der Waals surface area contributed by atoms with Crippen LogP contribution in [0.2, 0.25) is 0 Å². The summed E-state index contributed by atoms with van der Waals surface area (Å²) >= 11 is 0. The van der Waals surface area contributed by atoms with Crippen molar-refractivity contribution in [1.29, 1.82) is 0 Å². The largest absolute Gasteiger partial charge is 0.383 e. The molecule has 2 N–H and O–H groups in total. The van der Waals surface area contributed by atoms with Crippen LogP contribution in [0, 0.1) is 0 Å². The quantitative estimate of drug-likeness (QED) is 0.742. The second kappa shape index (κ2) is 8.35. The Bertz CT molecular complexity index is 952. The lowest BCUT2D eigenvalue weighted by Gasteiger charge is -2.34. The van der Waals surface area contributed by atoms with Crippen LogP contribution >= 0.6 is 0 Å². The Morgan fingerprint density at radius 2 is 1.64 bits per heavy atom. The Kier molecular flexibility index (Phi) is 5.48. The zero-order valence-corrected chi connectivity index (χ0v) is 15.9. The fourth-order valence-electron chi connectivity index (χ4n) is 3.63. The Morgan fingerprint density at radius 3 is 2.43 bits per heavy atom. The molecule has 1 fully saturated rings.